The smallest absolute Gasteiger partial charge is 0.145 e. The molecule has 0 bridgehead atoms. The molecule has 0 aliphatic rings. The summed E-state index contributed by atoms with van der Waals surface area (Å²) >= 11 is 0. The minimum atomic E-state index is 0.909. The van der Waals surface area contributed by atoms with E-state index in [1.165, 1.54) is 27.3 Å². The highest BCUT2D eigenvalue weighted by Gasteiger charge is 2.19. The average molecular weight is 765 g/mol. The van der Waals surface area contributed by atoms with Crippen LogP contribution < -0.4 is 0 Å². The number of fused-ring (bicyclic) bond motifs is 7. The van der Waals surface area contributed by atoms with Crippen molar-refractivity contribution < 1.29 is 0 Å². The molecular weight excluding hydrogens is 729 g/mol. The minimum absolute atomic E-state index is 0.909. The summed E-state index contributed by atoms with van der Waals surface area (Å²) in [6.07, 6.45) is 0. The third kappa shape index (κ3) is 5.53. The van der Waals surface area contributed by atoms with E-state index >= 15 is 0 Å². The van der Waals surface area contributed by atoms with Crippen LogP contribution >= 0.6 is 0 Å². The van der Waals surface area contributed by atoms with Crippen LogP contribution in [0.2, 0.25) is 0 Å². The van der Waals surface area contributed by atoms with Crippen LogP contribution in [0.25, 0.3) is 111 Å². The molecule has 12 aromatic rings. The SMILES string of the molecule is c1ccc(-c2ccc(-n3c(-c4cccc(-c5ccc6c(c5)c5cc7nc(-c8ccccc8)c8ccccc8c7cc5n6-c5ccccc5)c4)nc4ccccc43)cc2)cc1. The maximum atomic E-state index is 5.39. The van der Waals surface area contributed by atoms with Crippen LogP contribution in [0.3, 0.4) is 0 Å². The van der Waals surface area contributed by atoms with Gasteiger partial charge in [-0.15, -0.1) is 0 Å². The fourth-order valence-electron chi connectivity index (χ4n) is 9.07. The molecule has 4 heteroatoms. The Bertz CT molecular complexity index is 3570. The molecule has 0 aliphatic carbocycles. The summed E-state index contributed by atoms with van der Waals surface area (Å²) < 4.78 is 4.68. The van der Waals surface area contributed by atoms with Gasteiger partial charge in [0, 0.05) is 44.0 Å². The first-order valence-corrected chi connectivity index (χ1v) is 20.4. The lowest BCUT2D eigenvalue weighted by Crippen LogP contribution is -1.98. The molecule has 0 fully saturated rings. The largest absolute Gasteiger partial charge is 0.309 e. The van der Waals surface area contributed by atoms with Gasteiger partial charge in [0.1, 0.15) is 5.82 Å². The fraction of sp³-hybridized carbons (Fsp3) is 0. The summed E-state index contributed by atoms with van der Waals surface area (Å²) in [5.74, 6) is 0.909. The van der Waals surface area contributed by atoms with Gasteiger partial charge in [0.25, 0.3) is 0 Å². The summed E-state index contributed by atoms with van der Waals surface area (Å²) in [6, 6.07) is 77.9. The maximum absolute atomic E-state index is 5.39. The Morgan fingerprint density at radius 3 is 1.65 bits per heavy atom. The minimum Gasteiger partial charge on any atom is -0.309 e. The Morgan fingerprint density at radius 1 is 0.267 bits per heavy atom. The summed E-state index contributed by atoms with van der Waals surface area (Å²) in [4.78, 5) is 10.6. The van der Waals surface area contributed by atoms with Crippen molar-refractivity contribution in [3.05, 3.63) is 218 Å². The zero-order valence-corrected chi connectivity index (χ0v) is 32.6. The number of rotatable bonds is 6. The number of nitrogens with zero attached hydrogens (tertiary/aromatic N) is 4. The summed E-state index contributed by atoms with van der Waals surface area (Å²) in [5.41, 5.74) is 15.3. The van der Waals surface area contributed by atoms with Crippen molar-refractivity contribution in [3.8, 4) is 56.3 Å². The van der Waals surface area contributed by atoms with E-state index in [2.05, 4.69) is 228 Å². The molecule has 0 saturated carbocycles. The van der Waals surface area contributed by atoms with Crippen molar-refractivity contribution in [3.63, 3.8) is 0 Å². The van der Waals surface area contributed by atoms with Crippen molar-refractivity contribution in [2.45, 2.75) is 0 Å². The van der Waals surface area contributed by atoms with Gasteiger partial charge >= 0.3 is 0 Å². The number of para-hydroxylation sites is 3. The van der Waals surface area contributed by atoms with Gasteiger partial charge in [0.2, 0.25) is 0 Å². The topological polar surface area (TPSA) is 35.6 Å². The van der Waals surface area contributed by atoms with Crippen molar-refractivity contribution >= 4 is 54.5 Å². The Balaban J connectivity index is 1.04. The lowest BCUT2D eigenvalue weighted by Gasteiger charge is -2.12. The molecule has 60 heavy (non-hydrogen) atoms. The molecule has 0 aliphatic heterocycles. The molecule has 3 aromatic heterocycles. The lowest BCUT2D eigenvalue weighted by molar-refractivity contribution is 1.10. The van der Waals surface area contributed by atoms with E-state index in [1.807, 2.05) is 0 Å². The van der Waals surface area contributed by atoms with Crippen molar-refractivity contribution in [2.75, 3.05) is 0 Å². The highest BCUT2D eigenvalue weighted by molar-refractivity contribution is 6.19. The molecule has 12 rings (SSSR count). The molecule has 3 heterocycles. The first-order chi connectivity index (χ1) is 29.7. The summed E-state index contributed by atoms with van der Waals surface area (Å²) in [6.45, 7) is 0. The van der Waals surface area contributed by atoms with Crippen LogP contribution in [0.1, 0.15) is 0 Å². The number of benzene rings is 9. The Labute approximate surface area is 346 Å². The third-order valence-electron chi connectivity index (χ3n) is 11.9. The molecule has 0 spiro atoms. The van der Waals surface area contributed by atoms with Gasteiger partial charge in [-0.05, 0) is 94.4 Å². The van der Waals surface area contributed by atoms with E-state index in [-0.39, 0.29) is 0 Å². The fourth-order valence-corrected chi connectivity index (χ4v) is 9.07. The summed E-state index contributed by atoms with van der Waals surface area (Å²) in [7, 11) is 0. The first-order valence-electron chi connectivity index (χ1n) is 20.4. The van der Waals surface area contributed by atoms with Gasteiger partial charge in [0.05, 0.1) is 33.3 Å². The Hall–Kier alpha value is -8.08. The zero-order valence-electron chi connectivity index (χ0n) is 32.6. The quantitative estimate of drug-likeness (QED) is 0.158. The Kier molecular flexibility index (Phi) is 7.82. The average Bonchev–Trinajstić information content (AvgIpc) is 3.87. The molecule has 0 saturated heterocycles. The monoisotopic (exact) mass is 764 g/mol. The van der Waals surface area contributed by atoms with E-state index in [9.17, 15) is 0 Å². The predicted molar refractivity (Wildman–Crippen MR) is 250 cm³/mol. The number of pyridine rings is 1. The third-order valence-corrected chi connectivity index (χ3v) is 11.9. The summed E-state index contributed by atoms with van der Waals surface area (Å²) in [5, 5.41) is 5.84. The van der Waals surface area contributed by atoms with E-state index in [4.69, 9.17) is 9.97 Å². The van der Waals surface area contributed by atoms with Crippen molar-refractivity contribution in [1.82, 2.24) is 19.1 Å². The zero-order chi connectivity index (χ0) is 39.6. The van der Waals surface area contributed by atoms with Gasteiger partial charge in [0.15, 0.2) is 0 Å². The van der Waals surface area contributed by atoms with Gasteiger partial charge in [-0.3, -0.25) is 4.57 Å². The van der Waals surface area contributed by atoms with E-state index < -0.39 is 0 Å². The molecule has 0 unspecified atom stereocenters. The molecule has 0 radical (unpaired) electrons. The second-order valence-electron chi connectivity index (χ2n) is 15.4. The van der Waals surface area contributed by atoms with Crippen LogP contribution in [0.4, 0.5) is 0 Å². The molecule has 4 nitrogen and oxygen atoms in total. The normalized spacial score (nSPS) is 11.7. The lowest BCUT2D eigenvalue weighted by atomic mass is 9.98. The van der Waals surface area contributed by atoms with Gasteiger partial charge in [-0.25, -0.2) is 9.97 Å². The number of hydrogen-bond donors (Lipinski definition) is 0. The van der Waals surface area contributed by atoms with E-state index in [0.29, 0.717) is 0 Å². The molecule has 280 valence electrons. The Morgan fingerprint density at radius 2 is 0.850 bits per heavy atom. The van der Waals surface area contributed by atoms with Crippen LogP contribution in [0.5, 0.6) is 0 Å². The van der Waals surface area contributed by atoms with Crippen molar-refractivity contribution in [1.29, 1.82) is 0 Å². The number of aromatic nitrogens is 4. The molecule has 0 amide bonds. The highest BCUT2D eigenvalue weighted by atomic mass is 15.1. The van der Waals surface area contributed by atoms with Crippen LogP contribution in [0, 0.1) is 0 Å². The van der Waals surface area contributed by atoms with E-state index in [0.717, 1.165) is 83.5 Å². The first kappa shape index (κ1) is 34.0. The van der Waals surface area contributed by atoms with Gasteiger partial charge in [-0.2, -0.15) is 0 Å². The second-order valence-corrected chi connectivity index (χ2v) is 15.4. The van der Waals surface area contributed by atoms with Crippen LogP contribution in [-0.2, 0) is 0 Å². The maximum Gasteiger partial charge on any atom is 0.145 e. The van der Waals surface area contributed by atoms with Gasteiger partial charge in [-0.1, -0.05) is 152 Å². The molecule has 9 aromatic carbocycles. The molecular formula is C56H36N4. The second kappa shape index (κ2) is 13.8. The molecule has 0 atom stereocenters. The van der Waals surface area contributed by atoms with Gasteiger partial charge < -0.3 is 4.57 Å². The highest BCUT2D eigenvalue weighted by Crippen LogP contribution is 2.41. The number of imidazole rings is 1. The van der Waals surface area contributed by atoms with Crippen LogP contribution in [0.15, 0.2) is 218 Å². The molecule has 0 N–H and O–H groups in total. The van der Waals surface area contributed by atoms with Crippen LogP contribution in [-0.4, -0.2) is 19.1 Å². The van der Waals surface area contributed by atoms with Crippen molar-refractivity contribution in [2.24, 2.45) is 0 Å². The predicted octanol–water partition coefficient (Wildman–Crippen LogP) is 14.5. The standard InChI is InChI=1S/C56H36N4/c1-4-15-37(16-5-1)38-27-30-44(31-28-38)60-53-26-13-12-25-50(53)58-56(60)42-20-14-19-40(33-42)41-29-32-52-48(34-41)49-35-51-47(36-54(49)59(52)43-21-8-3-9-22-43)45-23-10-11-24-46(45)55(57-51)39-17-6-2-7-18-39/h1-36H. The number of hydrogen-bond acceptors (Lipinski definition) is 2. The van der Waals surface area contributed by atoms with E-state index in [1.54, 1.807) is 0 Å².